The molecular formula is C34H37ClFN5O2. The van der Waals surface area contributed by atoms with Crippen LogP contribution in [0.3, 0.4) is 0 Å². The van der Waals surface area contributed by atoms with Crippen molar-refractivity contribution in [2.24, 2.45) is 0 Å². The Balaban J connectivity index is 1.16. The number of hydrogen-bond acceptors (Lipinski definition) is 7. The maximum atomic E-state index is 16.8. The van der Waals surface area contributed by atoms with Crippen molar-refractivity contribution in [1.82, 2.24) is 20.2 Å². The van der Waals surface area contributed by atoms with Crippen LogP contribution >= 0.6 is 11.6 Å². The van der Waals surface area contributed by atoms with Crippen LogP contribution in [0.25, 0.3) is 32.8 Å². The maximum absolute atomic E-state index is 16.8. The molecule has 4 atom stereocenters. The van der Waals surface area contributed by atoms with Crippen molar-refractivity contribution in [3.05, 3.63) is 58.9 Å². The van der Waals surface area contributed by atoms with Gasteiger partial charge in [0.25, 0.3) is 0 Å². The number of morpholine rings is 1. The van der Waals surface area contributed by atoms with Gasteiger partial charge < -0.3 is 19.7 Å². The summed E-state index contributed by atoms with van der Waals surface area (Å²) in [6.45, 7) is 6.76. The van der Waals surface area contributed by atoms with Crippen LogP contribution in [0, 0.1) is 12.7 Å². The number of benzene rings is 3. The number of fused-ring (bicyclic) bond motifs is 6. The third-order valence-corrected chi connectivity index (χ3v) is 10.3. The lowest BCUT2D eigenvalue weighted by Gasteiger charge is -2.34. The topological polar surface area (TPSA) is 62.8 Å². The Hall–Kier alpha value is -3.04. The fourth-order valence-corrected chi connectivity index (χ4v) is 8.13. The fourth-order valence-electron chi connectivity index (χ4n) is 7.84. The van der Waals surface area contributed by atoms with Crippen LogP contribution in [-0.2, 0) is 4.74 Å². The van der Waals surface area contributed by atoms with Crippen molar-refractivity contribution < 1.29 is 13.9 Å². The number of halogens is 2. The number of rotatable bonds is 7. The second-order valence-electron chi connectivity index (χ2n) is 12.7. The molecule has 7 nitrogen and oxygen atoms in total. The molecule has 43 heavy (non-hydrogen) atoms. The van der Waals surface area contributed by atoms with Crippen molar-refractivity contribution >= 4 is 39.1 Å². The molecule has 0 radical (unpaired) electrons. The summed E-state index contributed by atoms with van der Waals surface area (Å²) in [6.07, 6.45) is 5.53. The van der Waals surface area contributed by atoms with Gasteiger partial charge in [-0.25, -0.2) is 4.39 Å². The average molecular weight is 602 g/mol. The number of aryl methyl sites for hydroxylation is 1. The minimum Gasteiger partial charge on any atom is -0.463 e. The molecule has 0 saturated carbocycles. The molecule has 4 aliphatic heterocycles. The maximum Gasteiger partial charge on any atom is 0.319 e. The Labute approximate surface area is 256 Å². The summed E-state index contributed by atoms with van der Waals surface area (Å²) in [5, 5.41) is 6.71. The first-order valence-electron chi connectivity index (χ1n) is 15.7. The zero-order valence-corrected chi connectivity index (χ0v) is 25.2. The smallest absolute Gasteiger partial charge is 0.319 e. The van der Waals surface area contributed by atoms with E-state index in [1.165, 1.54) is 12.8 Å². The van der Waals surface area contributed by atoms with Crippen LogP contribution in [-0.4, -0.2) is 78.5 Å². The van der Waals surface area contributed by atoms with E-state index in [1.807, 2.05) is 36.4 Å². The minimum absolute atomic E-state index is 0.222. The molecule has 4 fully saturated rings. The van der Waals surface area contributed by atoms with Gasteiger partial charge in [-0.15, -0.1) is 0 Å². The van der Waals surface area contributed by atoms with Gasteiger partial charge in [-0.3, -0.25) is 4.90 Å². The fraction of sp³-hybridized carbons (Fsp3) is 0.471. The molecule has 0 spiro atoms. The second-order valence-corrected chi connectivity index (χ2v) is 13.1. The average Bonchev–Trinajstić information content (AvgIpc) is 3.46. The monoisotopic (exact) mass is 601 g/mol. The van der Waals surface area contributed by atoms with Crippen molar-refractivity contribution in [2.75, 3.05) is 44.4 Å². The Morgan fingerprint density at radius 3 is 2.49 bits per heavy atom. The largest absolute Gasteiger partial charge is 0.463 e. The number of piperazine rings is 1. The van der Waals surface area contributed by atoms with Crippen LogP contribution in [0.1, 0.15) is 37.7 Å². The lowest BCUT2D eigenvalue weighted by Crippen LogP contribution is -2.51. The van der Waals surface area contributed by atoms with E-state index < -0.39 is 5.82 Å². The second kappa shape index (κ2) is 11.1. The number of ether oxygens (including phenoxy) is 2. The Kier molecular flexibility index (Phi) is 7.13. The van der Waals surface area contributed by atoms with Crippen LogP contribution in [0.2, 0.25) is 5.02 Å². The summed E-state index contributed by atoms with van der Waals surface area (Å²) in [4.78, 5) is 14.4. The van der Waals surface area contributed by atoms with Gasteiger partial charge in [-0.1, -0.05) is 48.0 Å². The molecule has 224 valence electrons. The molecule has 0 amide bonds. The predicted octanol–water partition coefficient (Wildman–Crippen LogP) is 6.12. The van der Waals surface area contributed by atoms with Crippen molar-refractivity contribution in [1.29, 1.82) is 0 Å². The molecule has 4 saturated heterocycles. The van der Waals surface area contributed by atoms with Gasteiger partial charge in [-0.05, 0) is 67.0 Å². The molecule has 0 aliphatic carbocycles. The molecule has 1 N–H and O–H groups in total. The van der Waals surface area contributed by atoms with E-state index in [4.69, 9.17) is 31.0 Å². The van der Waals surface area contributed by atoms with Crippen molar-refractivity contribution in [2.45, 2.75) is 63.2 Å². The molecule has 8 rings (SSSR count). The first kappa shape index (κ1) is 27.5. The third kappa shape index (κ3) is 4.92. The number of aromatic nitrogens is 2. The Morgan fingerprint density at radius 2 is 1.72 bits per heavy atom. The Morgan fingerprint density at radius 1 is 0.977 bits per heavy atom. The van der Waals surface area contributed by atoms with E-state index in [2.05, 4.69) is 28.1 Å². The predicted molar refractivity (Wildman–Crippen MR) is 169 cm³/mol. The van der Waals surface area contributed by atoms with E-state index in [0.717, 1.165) is 74.0 Å². The normalized spacial score (nSPS) is 25.2. The molecule has 4 aromatic rings. The molecule has 4 unspecified atom stereocenters. The van der Waals surface area contributed by atoms with Crippen LogP contribution in [0.15, 0.2) is 42.5 Å². The summed E-state index contributed by atoms with van der Waals surface area (Å²) in [5.41, 5.74) is 2.51. The van der Waals surface area contributed by atoms with Gasteiger partial charge in [-0.2, -0.15) is 9.97 Å². The van der Waals surface area contributed by atoms with Gasteiger partial charge in [0.1, 0.15) is 11.3 Å². The molecule has 5 heterocycles. The van der Waals surface area contributed by atoms with E-state index in [-0.39, 0.29) is 11.5 Å². The summed E-state index contributed by atoms with van der Waals surface area (Å²) in [6, 6.07) is 15.9. The molecule has 9 heteroatoms. The summed E-state index contributed by atoms with van der Waals surface area (Å²) < 4.78 is 28.7. The number of nitrogens with zero attached hydrogens (tertiary/aromatic N) is 4. The van der Waals surface area contributed by atoms with Gasteiger partial charge in [0, 0.05) is 54.8 Å². The molecular weight excluding hydrogens is 565 g/mol. The van der Waals surface area contributed by atoms with E-state index >= 15 is 4.39 Å². The highest BCUT2D eigenvalue weighted by molar-refractivity contribution is 6.35. The summed E-state index contributed by atoms with van der Waals surface area (Å²) in [5.74, 6) is 0.263. The number of anilines is 1. The van der Waals surface area contributed by atoms with Gasteiger partial charge in [0.2, 0.25) is 0 Å². The van der Waals surface area contributed by atoms with Gasteiger partial charge >= 0.3 is 6.01 Å². The number of nitrogens with one attached hydrogen (secondary N) is 1. The third-order valence-electron chi connectivity index (χ3n) is 9.95. The van der Waals surface area contributed by atoms with Crippen LogP contribution in [0.5, 0.6) is 6.01 Å². The van der Waals surface area contributed by atoms with Crippen molar-refractivity contribution in [3.63, 3.8) is 0 Å². The van der Waals surface area contributed by atoms with Gasteiger partial charge in [0.15, 0.2) is 5.82 Å². The quantitative estimate of drug-likeness (QED) is 0.256. The van der Waals surface area contributed by atoms with Crippen molar-refractivity contribution in [3.8, 4) is 17.1 Å². The zero-order valence-electron chi connectivity index (χ0n) is 24.5. The minimum atomic E-state index is -0.437. The molecule has 4 bridgehead atoms. The zero-order chi connectivity index (χ0) is 29.1. The first-order valence-corrected chi connectivity index (χ1v) is 16.1. The lowest BCUT2D eigenvalue weighted by atomic mass is 9.94. The molecule has 4 aliphatic rings. The molecule has 3 aromatic carbocycles. The van der Waals surface area contributed by atoms with E-state index in [1.54, 1.807) is 0 Å². The van der Waals surface area contributed by atoms with Crippen LogP contribution < -0.4 is 15.0 Å². The standard InChI is InChI=1S/C34H37ClFN5O2/c1-20-7-12-27(26-6-3-2-5-25(20)26)30-29(35)15-28-32(31(30)36)38-34(39-33(28)40-16-21-8-9-22(17-40)37-21)43-14-4-13-41-23-10-11-24(41)19-42-18-23/h2-3,5-7,12,15,21-24,37H,4,8-11,13-14,16-19H2,1H3. The summed E-state index contributed by atoms with van der Waals surface area (Å²) >= 11 is 6.94. The lowest BCUT2D eigenvalue weighted by molar-refractivity contribution is -0.0161. The number of hydrogen-bond donors (Lipinski definition) is 1. The van der Waals surface area contributed by atoms with Gasteiger partial charge in [0.05, 0.1) is 24.8 Å². The summed E-state index contributed by atoms with van der Waals surface area (Å²) in [7, 11) is 0. The molecule has 1 aromatic heterocycles. The Bertz CT molecular complexity index is 1670. The highest BCUT2D eigenvalue weighted by atomic mass is 35.5. The van der Waals surface area contributed by atoms with E-state index in [0.29, 0.717) is 52.6 Å². The highest BCUT2D eigenvalue weighted by Crippen LogP contribution is 2.42. The highest BCUT2D eigenvalue weighted by Gasteiger charge is 2.37. The van der Waals surface area contributed by atoms with E-state index in [9.17, 15) is 0 Å². The van der Waals surface area contributed by atoms with Crippen LogP contribution in [0.4, 0.5) is 10.2 Å². The first-order chi connectivity index (χ1) is 21.0. The SMILES string of the molecule is Cc1ccc(-c2c(Cl)cc3c(N4CC5CCC(C4)N5)nc(OCCCN4C5CCC4COC5)nc3c2F)c2ccccc12.